The molecule has 0 aromatic rings. The van der Waals surface area contributed by atoms with Gasteiger partial charge in [-0.25, -0.2) is 0 Å². The molecule has 3 atom stereocenters. The summed E-state index contributed by atoms with van der Waals surface area (Å²) in [7, 11) is 0. The number of carbonyl (C=O) groups excluding carboxylic acids is 2. The van der Waals surface area contributed by atoms with Gasteiger partial charge >= 0.3 is 0 Å². The molecule has 0 unspecified atom stereocenters. The maximum Gasteiger partial charge on any atom is 0.239 e. The van der Waals surface area contributed by atoms with Crippen molar-refractivity contribution < 1.29 is 9.59 Å². The standard InChI is InChI=1S/C15H28N2O2/c1-5-16-14(18)9-17-15(19)13-8-11(4)6-7-12(13)10(2)3/h10-13H,5-9H2,1-4H3,(H,16,18)(H,17,19)/t11-,12+,13-/m1/s1. The first-order chi connectivity index (χ1) is 8.95. The van der Waals surface area contributed by atoms with E-state index in [1.54, 1.807) is 0 Å². The zero-order valence-electron chi connectivity index (χ0n) is 12.7. The van der Waals surface area contributed by atoms with E-state index in [-0.39, 0.29) is 24.3 Å². The van der Waals surface area contributed by atoms with Crippen LogP contribution in [-0.2, 0) is 9.59 Å². The largest absolute Gasteiger partial charge is 0.355 e. The first-order valence-electron chi connectivity index (χ1n) is 7.50. The van der Waals surface area contributed by atoms with Gasteiger partial charge in [0.05, 0.1) is 6.54 Å². The fourth-order valence-corrected chi connectivity index (χ4v) is 3.06. The Bertz CT molecular complexity index is 315. The van der Waals surface area contributed by atoms with E-state index >= 15 is 0 Å². The van der Waals surface area contributed by atoms with Crippen LogP contribution in [0.3, 0.4) is 0 Å². The Kier molecular flexibility index (Phi) is 6.32. The molecule has 2 N–H and O–H groups in total. The van der Waals surface area contributed by atoms with Gasteiger partial charge in [-0.05, 0) is 37.5 Å². The van der Waals surface area contributed by atoms with Crippen LogP contribution < -0.4 is 10.6 Å². The van der Waals surface area contributed by atoms with E-state index < -0.39 is 0 Å². The third kappa shape index (κ3) is 4.84. The third-order valence-corrected chi connectivity index (χ3v) is 4.16. The van der Waals surface area contributed by atoms with Gasteiger partial charge in [0.2, 0.25) is 11.8 Å². The SMILES string of the molecule is CCNC(=O)CNC(=O)[C@@H]1C[C@H](C)CC[C@H]1C(C)C. The first kappa shape index (κ1) is 16.0. The average Bonchev–Trinajstić information content (AvgIpc) is 2.35. The van der Waals surface area contributed by atoms with Crippen molar-refractivity contribution in [3.8, 4) is 0 Å². The summed E-state index contributed by atoms with van der Waals surface area (Å²) in [5, 5.41) is 5.48. The van der Waals surface area contributed by atoms with E-state index in [1.807, 2.05) is 6.92 Å². The maximum absolute atomic E-state index is 12.3. The number of rotatable bonds is 5. The summed E-state index contributed by atoms with van der Waals surface area (Å²) in [6.45, 7) is 9.15. The molecular weight excluding hydrogens is 240 g/mol. The van der Waals surface area contributed by atoms with Crippen molar-refractivity contribution in [3.05, 3.63) is 0 Å². The van der Waals surface area contributed by atoms with Crippen molar-refractivity contribution in [2.75, 3.05) is 13.1 Å². The highest BCUT2D eigenvalue weighted by atomic mass is 16.2. The first-order valence-corrected chi connectivity index (χ1v) is 7.50. The molecule has 1 rings (SSSR count). The summed E-state index contributed by atoms with van der Waals surface area (Å²) < 4.78 is 0. The number of hydrogen-bond acceptors (Lipinski definition) is 2. The van der Waals surface area contributed by atoms with Gasteiger partial charge < -0.3 is 10.6 Å². The van der Waals surface area contributed by atoms with E-state index in [0.717, 1.165) is 12.8 Å². The molecule has 0 radical (unpaired) electrons. The van der Waals surface area contributed by atoms with Crippen LogP contribution in [-0.4, -0.2) is 24.9 Å². The monoisotopic (exact) mass is 268 g/mol. The predicted molar refractivity (Wildman–Crippen MR) is 76.5 cm³/mol. The molecule has 0 heterocycles. The lowest BCUT2D eigenvalue weighted by atomic mass is 9.70. The second-order valence-electron chi connectivity index (χ2n) is 6.10. The van der Waals surface area contributed by atoms with Crippen LogP contribution in [0.4, 0.5) is 0 Å². The summed E-state index contributed by atoms with van der Waals surface area (Å²) in [6.07, 6.45) is 3.28. The Balaban J connectivity index is 2.53. The normalized spacial score (nSPS) is 27.1. The van der Waals surface area contributed by atoms with E-state index in [4.69, 9.17) is 0 Å². The number of carbonyl (C=O) groups is 2. The Morgan fingerprint density at radius 2 is 1.89 bits per heavy atom. The summed E-state index contributed by atoms with van der Waals surface area (Å²) in [6, 6.07) is 0. The summed E-state index contributed by atoms with van der Waals surface area (Å²) in [5.41, 5.74) is 0. The van der Waals surface area contributed by atoms with Crippen LogP contribution in [0.5, 0.6) is 0 Å². The third-order valence-electron chi connectivity index (χ3n) is 4.16. The van der Waals surface area contributed by atoms with Gasteiger partial charge in [0.25, 0.3) is 0 Å². The second kappa shape index (κ2) is 7.51. The molecule has 2 amide bonds. The van der Waals surface area contributed by atoms with Gasteiger partial charge in [-0.15, -0.1) is 0 Å². The average molecular weight is 268 g/mol. The van der Waals surface area contributed by atoms with Gasteiger partial charge in [-0.1, -0.05) is 27.2 Å². The van der Waals surface area contributed by atoms with Crippen molar-refractivity contribution in [2.45, 2.75) is 47.0 Å². The summed E-state index contributed by atoms with van der Waals surface area (Å²) >= 11 is 0. The number of amides is 2. The molecule has 0 aliphatic heterocycles. The predicted octanol–water partition coefficient (Wildman–Crippen LogP) is 1.95. The highest BCUT2D eigenvalue weighted by Crippen LogP contribution is 2.37. The van der Waals surface area contributed by atoms with Crippen LogP contribution in [0.15, 0.2) is 0 Å². The molecule has 0 aromatic heterocycles. The van der Waals surface area contributed by atoms with Crippen molar-refractivity contribution in [2.24, 2.45) is 23.7 Å². The summed E-state index contributed by atoms with van der Waals surface area (Å²) in [4.78, 5) is 23.7. The van der Waals surface area contributed by atoms with Gasteiger partial charge in [0.15, 0.2) is 0 Å². The molecule has 4 heteroatoms. The molecule has 1 aliphatic rings. The highest BCUT2D eigenvalue weighted by molar-refractivity contribution is 5.85. The Hall–Kier alpha value is -1.06. The zero-order chi connectivity index (χ0) is 14.4. The van der Waals surface area contributed by atoms with E-state index in [9.17, 15) is 9.59 Å². The lowest BCUT2D eigenvalue weighted by Crippen LogP contribution is -2.44. The van der Waals surface area contributed by atoms with Crippen molar-refractivity contribution in [1.82, 2.24) is 10.6 Å². The Morgan fingerprint density at radius 3 is 2.47 bits per heavy atom. The number of nitrogens with one attached hydrogen (secondary N) is 2. The van der Waals surface area contributed by atoms with Gasteiger partial charge in [-0.3, -0.25) is 9.59 Å². The molecule has 0 aromatic carbocycles. The van der Waals surface area contributed by atoms with Gasteiger partial charge in [0, 0.05) is 12.5 Å². The van der Waals surface area contributed by atoms with Crippen LogP contribution in [0.1, 0.15) is 47.0 Å². The highest BCUT2D eigenvalue weighted by Gasteiger charge is 2.35. The minimum atomic E-state index is -0.110. The Morgan fingerprint density at radius 1 is 1.21 bits per heavy atom. The fraction of sp³-hybridized carbons (Fsp3) is 0.867. The fourth-order valence-electron chi connectivity index (χ4n) is 3.06. The second-order valence-corrected chi connectivity index (χ2v) is 6.10. The molecule has 0 spiro atoms. The molecule has 0 saturated heterocycles. The molecule has 1 saturated carbocycles. The van der Waals surface area contributed by atoms with E-state index in [1.165, 1.54) is 6.42 Å². The topological polar surface area (TPSA) is 58.2 Å². The lowest BCUT2D eigenvalue weighted by molar-refractivity contribution is -0.131. The molecule has 1 aliphatic carbocycles. The maximum atomic E-state index is 12.3. The molecule has 4 nitrogen and oxygen atoms in total. The molecule has 0 bridgehead atoms. The van der Waals surface area contributed by atoms with Crippen molar-refractivity contribution in [3.63, 3.8) is 0 Å². The van der Waals surface area contributed by atoms with Crippen LogP contribution >= 0.6 is 0 Å². The van der Waals surface area contributed by atoms with Gasteiger partial charge in [-0.2, -0.15) is 0 Å². The quantitative estimate of drug-likeness (QED) is 0.800. The zero-order valence-corrected chi connectivity index (χ0v) is 12.7. The summed E-state index contributed by atoms with van der Waals surface area (Å²) in [5.74, 6) is 1.59. The van der Waals surface area contributed by atoms with E-state index in [0.29, 0.717) is 24.3 Å². The van der Waals surface area contributed by atoms with Crippen LogP contribution in [0.2, 0.25) is 0 Å². The van der Waals surface area contributed by atoms with E-state index in [2.05, 4.69) is 31.4 Å². The minimum Gasteiger partial charge on any atom is -0.355 e. The number of hydrogen-bond donors (Lipinski definition) is 2. The van der Waals surface area contributed by atoms with Crippen molar-refractivity contribution >= 4 is 11.8 Å². The number of likely N-dealkylation sites (N-methyl/N-ethyl adjacent to an activating group) is 1. The Labute approximate surface area is 116 Å². The molecule has 110 valence electrons. The van der Waals surface area contributed by atoms with Gasteiger partial charge in [0.1, 0.15) is 0 Å². The smallest absolute Gasteiger partial charge is 0.239 e. The van der Waals surface area contributed by atoms with Crippen LogP contribution in [0.25, 0.3) is 0 Å². The minimum absolute atomic E-state index is 0.0523. The lowest BCUT2D eigenvalue weighted by Gasteiger charge is -2.36. The molecular formula is C15H28N2O2. The molecule has 1 fully saturated rings. The molecule has 19 heavy (non-hydrogen) atoms. The van der Waals surface area contributed by atoms with Crippen molar-refractivity contribution in [1.29, 1.82) is 0 Å². The van der Waals surface area contributed by atoms with Crippen LogP contribution in [0, 0.1) is 23.7 Å².